The van der Waals surface area contributed by atoms with E-state index in [0.717, 1.165) is 56.0 Å². The molecule has 3 aromatic rings. The van der Waals surface area contributed by atoms with Gasteiger partial charge in [0.15, 0.2) is 0 Å². The number of alkyl halides is 3. The first-order chi connectivity index (χ1) is 19.7. The quantitative estimate of drug-likeness (QED) is 0.421. The third-order valence-corrected chi connectivity index (χ3v) is 9.22. The Morgan fingerprint density at radius 3 is 2.29 bits per heavy atom. The number of carbonyl (C=O) groups excluding carboxylic acids is 2. The Labute approximate surface area is 237 Å². The number of nitrogens with zero attached hydrogens (tertiary/aromatic N) is 3. The van der Waals surface area contributed by atoms with Gasteiger partial charge in [-0.15, -0.1) is 0 Å². The normalized spacial score (nSPS) is 20.1. The fourth-order valence-electron chi connectivity index (χ4n) is 6.71. The lowest BCUT2D eigenvalue weighted by atomic mass is 9.71. The highest BCUT2D eigenvalue weighted by molar-refractivity contribution is 5.97. The molecule has 214 valence electrons. The van der Waals surface area contributed by atoms with Crippen molar-refractivity contribution in [2.24, 2.45) is 5.41 Å². The maximum Gasteiger partial charge on any atom is 0.417 e. The number of hydrogen-bond donors (Lipinski definition) is 1. The lowest BCUT2D eigenvalue weighted by Gasteiger charge is -2.47. The van der Waals surface area contributed by atoms with E-state index in [0.29, 0.717) is 31.5 Å². The maximum atomic E-state index is 13.5. The van der Waals surface area contributed by atoms with Gasteiger partial charge in [-0.05, 0) is 91.5 Å². The Hall–Kier alpha value is -3.88. The average Bonchev–Trinajstić information content (AvgIpc) is 3.39. The van der Waals surface area contributed by atoms with Crippen molar-refractivity contribution < 1.29 is 22.8 Å². The topological polar surface area (TPSA) is 65.5 Å². The molecule has 1 aromatic heterocycles. The molecule has 6 rings (SSSR count). The van der Waals surface area contributed by atoms with Crippen molar-refractivity contribution >= 4 is 17.5 Å². The molecule has 1 spiro atoms. The van der Waals surface area contributed by atoms with Crippen LogP contribution in [0, 0.1) is 5.41 Å². The Morgan fingerprint density at radius 2 is 1.59 bits per heavy atom. The highest BCUT2D eigenvalue weighted by Crippen LogP contribution is 2.42. The van der Waals surface area contributed by atoms with E-state index >= 15 is 0 Å². The van der Waals surface area contributed by atoms with Crippen LogP contribution in [0.4, 0.5) is 18.9 Å². The molecule has 2 saturated heterocycles. The second-order valence-corrected chi connectivity index (χ2v) is 11.5. The molecule has 9 heteroatoms. The molecule has 3 aliphatic rings. The number of likely N-dealkylation sites (tertiary alicyclic amines) is 1. The largest absolute Gasteiger partial charge is 0.417 e. The lowest BCUT2D eigenvalue weighted by molar-refractivity contribution is -0.137. The number of aryl methyl sites for hydroxylation is 1. The van der Waals surface area contributed by atoms with E-state index in [1.54, 1.807) is 0 Å². The molecule has 1 aliphatic carbocycles. The monoisotopic (exact) mass is 562 g/mol. The van der Waals surface area contributed by atoms with Gasteiger partial charge >= 0.3 is 6.18 Å². The van der Waals surface area contributed by atoms with Gasteiger partial charge < -0.3 is 15.1 Å². The number of fused-ring (bicyclic) bond motifs is 1. The summed E-state index contributed by atoms with van der Waals surface area (Å²) in [6.07, 6.45) is 4.47. The number of hydrogen-bond acceptors (Lipinski definition) is 4. The van der Waals surface area contributed by atoms with Crippen LogP contribution < -0.4 is 10.2 Å². The number of amides is 2. The molecule has 1 N–H and O–H groups in total. The predicted octanol–water partition coefficient (Wildman–Crippen LogP) is 6.04. The molecular formula is C32H33F3N4O2. The van der Waals surface area contributed by atoms with E-state index < -0.39 is 29.3 Å². The summed E-state index contributed by atoms with van der Waals surface area (Å²) in [6, 6.07) is 14.0. The van der Waals surface area contributed by atoms with Gasteiger partial charge in [0.05, 0.1) is 17.2 Å². The Bertz CT molecular complexity index is 1420. The minimum atomic E-state index is -4.62. The zero-order valence-corrected chi connectivity index (χ0v) is 22.8. The summed E-state index contributed by atoms with van der Waals surface area (Å²) >= 11 is 0. The number of halogens is 3. The number of carbonyl (C=O) groups is 2. The highest BCUT2D eigenvalue weighted by atomic mass is 19.4. The summed E-state index contributed by atoms with van der Waals surface area (Å²) < 4.78 is 40.4. The van der Waals surface area contributed by atoms with Gasteiger partial charge in [-0.25, -0.2) is 0 Å². The summed E-state index contributed by atoms with van der Waals surface area (Å²) in [5.74, 6) is -0.792. The Morgan fingerprint density at radius 1 is 0.902 bits per heavy atom. The van der Waals surface area contributed by atoms with Crippen LogP contribution in [-0.4, -0.2) is 47.9 Å². The molecule has 1 unspecified atom stereocenters. The lowest BCUT2D eigenvalue weighted by Crippen LogP contribution is -2.48. The molecule has 41 heavy (non-hydrogen) atoms. The fraction of sp³-hybridized carbons (Fsp3) is 0.406. The van der Waals surface area contributed by atoms with E-state index in [1.807, 2.05) is 47.6 Å². The van der Waals surface area contributed by atoms with E-state index in [9.17, 15) is 22.8 Å². The number of rotatable bonds is 4. The molecule has 1 atom stereocenters. The van der Waals surface area contributed by atoms with Crippen LogP contribution in [-0.2, 0) is 12.6 Å². The van der Waals surface area contributed by atoms with Gasteiger partial charge in [0, 0.05) is 49.8 Å². The third kappa shape index (κ3) is 5.54. The number of pyridine rings is 1. The molecule has 0 bridgehead atoms. The average molecular weight is 563 g/mol. The van der Waals surface area contributed by atoms with Crippen LogP contribution in [0.25, 0.3) is 0 Å². The minimum absolute atomic E-state index is 0.0312. The highest BCUT2D eigenvalue weighted by Gasteiger charge is 2.39. The van der Waals surface area contributed by atoms with E-state index in [1.165, 1.54) is 23.9 Å². The summed E-state index contributed by atoms with van der Waals surface area (Å²) in [4.78, 5) is 34.9. The number of benzene rings is 2. The fourth-order valence-corrected chi connectivity index (χ4v) is 6.71. The molecule has 2 fully saturated rings. The zero-order chi connectivity index (χ0) is 28.6. The van der Waals surface area contributed by atoms with E-state index in [4.69, 9.17) is 0 Å². The molecule has 2 aromatic carbocycles. The Kier molecular flexibility index (Phi) is 7.21. The van der Waals surface area contributed by atoms with Gasteiger partial charge in [0.2, 0.25) is 0 Å². The number of aromatic nitrogens is 1. The van der Waals surface area contributed by atoms with E-state index in [2.05, 4.69) is 15.2 Å². The number of piperidine rings is 2. The molecule has 0 saturated carbocycles. The minimum Gasteiger partial charge on any atom is -0.371 e. The smallest absolute Gasteiger partial charge is 0.371 e. The van der Waals surface area contributed by atoms with Crippen LogP contribution >= 0.6 is 0 Å². The van der Waals surface area contributed by atoms with Crippen molar-refractivity contribution in [3.63, 3.8) is 0 Å². The third-order valence-electron chi connectivity index (χ3n) is 9.22. The van der Waals surface area contributed by atoms with Gasteiger partial charge in [-0.3, -0.25) is 14.6 Å². The van der Waals surface area contributed by atoms with Crippen molar-refractivity contribution in [1.82, 2.24) is 15.2 Å². The van der Waals surface area contributed by atoms with E-state index in [-0.39, 0.29) is 11.3 Å². The van der Waals surface area contributed by atoms with Crippen LogP contribution in [0.3, 0.4) is 0 Å². The second-order valence-electron chi connectivity index (χ2n) is 11.5. The summed E-state index contributed by atoms with van der Waals surface area (Å²) in [5, 5.41) is 2.79. The van der Waals surface area contributed by atoms with Crippen molar-refractivity contribution in [2.75, 3.05) is 31.1 Å². The van der Waals surface area contributed by atoms with Crippen molar-refractivity contribution in [1.29, 1.82) is 0 Å². The molecule has 2 amide bonds. The maximum absolute atomic E-state index is 13.5. The standard InChI is InChI=1S/C32H33F3N4O2/c33-32(34,35)27-4-2-1-3-25(27)29(40)37-28-8-7-22-5-6-23(21-26(22)28)30(41)39-19-13-31(14-20-39)11-17-38(18-12-31)24-9-15-36-16-10-24/h1-6,9-10,15-16,21,28H,7-8,11-14,17-20H2,(H,37,40). The van der Waals surface area contributed by atoms with Crippen LogP contribution in [0.5, 0.6) is 0 Å². The van der Waals surface area contributed by atoms with Gasteiger partial charge in [-0.2, -0.15) is 13.2 Å². The second kappa shape index (κ2) is 10.8. The summed E-state index contributed by atoms with van der Waals surface area (Å²) in [6.45, 7) is 3.42. The van der Waals surface area contributed by atoms with Crippen LogP contribution in [0.1, 0.15) is 75.6 Å². The van der Waals surface area contributed by atoms with Crippen LogP contribution in [0.2, 0.25) is 0 Å². The SMILES string of the molecule is O=C(NC1CCc2ccc(C(=O)N3CCC4(CC3)CCN(c3ccncc3)CC4)cc21)c1ccccc1C(F)(F)F. The Balaban J connectivity index is 1.09. The first-order valence-electron chi connectivity index (χ1n) is 14.3. The van der Waals surface area contributed by atoms with Gasteiger partial charge in [0.1, 0.15) is 0 Å². The number of anilines is 1. The zero-order valence-electron chi connectivity index (χ0n) is 22.8. The molecule has 2 aliphatic heterocycles. The van der Waals surface area contributed by atoms with Crippen LogP contribution in [0.15, 0.2) is 67.0 Å². The van der Waals surface area contributed by atoms with Crippen molar-refractivity contribution in [3.8, 4) is 0 Å². The molecule has 6 nitrogen and oxygen atoms in total. The first-order valence-corrected chi connectivity index (χ1v) is 14.3. The van der Waals surface area contributed by atoms with Crippen molar-refractivity contribution in [2.45, 2.75) is 50.7 Å². The number of nitrogens with one attached hydrogen (secondary N) is 1. The van der Waals surface area contributed by atoms with Crippen molar-refractivity contribution in [3.05, 3.63) is 94.8 Å². The summed E-state index contributed by atoms with van der Waals surface area (Å²) in [7, 11) is 0. The molecular weight excluding hydrogens is 529 g/mol. The van der Waals surface area contributed by atoms with Gasteiger partial charge in [0.25, 0.3) is 11.8 Å². The predicted molar refractivity (Wildman–Crippen MR) is 150 cm³/mol. The molecule has 0 radical (unpaired) electrons. The van der Waals surface area contributed by atoms with Gasteiger partial charge in [-0.1, -0.05) is 18.2 Å². The summed E-state index contributed by atoms with van der Waals surface area (Å²) in [5.41, 5.74) is 2.50. The molecule has 3 heterocycles. The first kappa shape index (κ1) is 27.3.